The second-order valence-corrected chi connectivity index (χ2v) is 6.21. The fourth-order valence-corrected chi connectivity index (χ4v) is 2.28. The third kappa shape index (κ3) is 4.80. The van der Waals surface area contributed by atoms with Crippen LogP contribution in [0.3, 0.4) is 0 Å². The fourth-order valence-electron chi connectivity index (χ4n) is 1.95. The van der Waals surface area contributed by atoms with Gasteiger partial charge in [0.25, 0.3) is 5.91 Å². The second kappa shape index (κ2) is 7.22. The van der Waals surface area contributed by atoms with E-state index in [4.69, 9.17) is 0 Å². The SMILES string of the molecule is C=C(C)C(NC(=O)c1cccc(C(F)(F)F)c1)C(S)C(C)C. The van der Waals surface area contributed by atoms with Gasteiger partial charge in [-0.15, -0.1) is 0 Å². The van der Waals surface area contributed by atoms with Crippen LogP contribution in [0, 0.1) is 5.92 Å². The molecule has 1 aromatic rings. The van der Waals surface area contributed by atoms with Gasteiger partial charge in [0.05, 0.1) is 11.6 Å². The van der Waals surface area contributed by atoms with Crippen molar-refractivity contribution in [2.75, 3.05) is 0 Å². The molecule has 0 radical (unpaired) electrons. The minimum absolute atomic E-state index is 0.0367. The van der Waals surface area contributed by atoms with E-state index in [0.717, 1.165) is 12.1 Å². The van der Waals surface area contributed by atoms with Crippen LogP contribution in [-0.4, -0.2) is 17.2 Å². The Hall–Kier alpha value is -1.43. The Morgan fingerprint density at radius 1 is 1.32 bits per heavy atom. The van der Waals surface area contributed by atoms with Crippen molar-refractivity contribution in [3.05, 3.63) is 47.5 Å². The molecular weight excluding hydrogens is 311 g/mol. The first kappa shape index (κ1) is 18.6. The van der Waals surface area contributed by atoms with E-state index < -0.39 is 23.7 Å². The average molecular weight is 331 g/mol. The van der Waals surface area contributed by atoms with Crippen LogP contribution in [0.1, 0.15) is 36.7 Å². The normalized spacial score (nSPS) is 14.5. The number of hydrogen-bond donors (Lipinski definition) is 2. The van der Waals surface area contributed by atoms with Crippen molar-refractivity contribution in [3.8, 4) is 0 Å². The molecule has 6 heteroatoms. The Kier molecular flexibility index (Phi) is 6.11. The molecule has 0 aliphatic rings. The van der Waals surface area contributed by atoms with Crippen LogP contribution in [-0.2, 0) is 6.18 Å². The molecule has 0 bridgehead atoms. The van der Waals surface area contributed by atoms with Crippen molar-refractivity contribution in [3.63, 3.8) is 0 Å². The molecule has 0 heterocycles. The Bertz CT molecular complexity index is 555. The van der Waals surface area contributed by atoms with Crippen LogP contribution in [0.2, 0.25) is 0 Å². The van der Waals surface area contributed by atoms with Gasteiger partial charge < -0.3 is 5.32 Å². The lowest BCUT2D eigenvalue weighted by Crippen LogP contribution is -2.43. The van der Waals surface area contributed by atoms with Crippen LogP contribution in [0.4, 0.5) is 13.2 Å². The molecule has 1 aromatic carbocycles. The average Bonchev–Trinajstić information content (AvgIpc) is 2.42. The fraction of sp³-hybridized carbons (Fsp3) is 0.438. The van der Waals surface area contributed by atoms with E-state index in [1.165, 1.54) is 12.1 Å². The predicted molar refractivity (Wildman–Crippen MR) is 85.1 cm³/mol. The van der Waals surface area contributed by atoms with E-state index in [1.54, 1.807) is 6.92 Å². The molecule has 2 atom stereocenters. The topological polar surface area (TPSA) is 29.1 Å². The maximum atomic E-state index is 12.7. The van der Waals surface area contributed by atoms with Crippen molar-refractivity contribution >= 4 is 18.5 Å². The van der Waals surface area contributed by atoms with Crippen molar-refractivity contribution in [1.82, 2.24) is 5.32 Å². The molecule has 1 rings (SSSR count). The summed E-state index contributed by atoms with van der Waals surface area (Å²) in [6.45, 7) is 9.47. The summed E-state index contributed by atoms with van der Waals surface area (Å²) in [7, 11) is 0. The minimum atomic E-state index is -4.48. The van der Waals surface area contributed by atoms with Crippen molar-refractivity contribution < 1.29 is 18.0 Å². The molecule has 0 spiro atoms. The number of carbonyl (C=O) groups is 1. The molecule has 2 unspecified atom stereocenters. The summed E-state index contributed by atoms with van der Waals surface area (Å²) in [5, 5.41) is 2.54. The number of alkyl halides is 3. The summed E-state index contributed by atoms with van der Waals surface area (Å²) in [5.74, 6) is -0.398. The minimum Gasteiger partial charge on any atom is -0.344 e. The van der Waals surface area contributed by atoms with Crippen molar-refractivity contribution in [2.45, 2.75) is 38.2 Å². The molecular formula is C16H20F3NOS. The largest absolute Gasteiger partial charge is 0.416 e. The zero-order valence-corrected chi connectivity index (χ0v) is 13.6. The molecule has 122 valence electrons. The number of halogens is 3. The first-order valence-corrected chi connectivity index (χ1v) is 7.37. The zero-order valence-electron chi connectivity index (χ0n) is 12.7. The highest BCUT2D eigenvalue weighted by molar-refractivity contribution is 7.81. The maximum absolute atomic E-state index is 12.7. The molecule has 0 aliphatic heterocycles. The number of carbonyl (C=O) groups excluding carboxylic acids is 1. The van der Waals surface area contributed by atoms with Gasteiger partial charge in [0, 0.05) is 10.8 Å². The van der Waals surface area contributed by atoms with Crippen molar-refractivity contribution in [1.29, 1.82) is 0 Å². The van der Waals surface area contributed by atoms with Gasteiger partial charge in [0.2, 0.25) is 0 Å². The van der Waals surface area contributed by atoms with Gasteiger partial charge in [-0.05, 0) is 31.0 Å². The molecule has 22 heavy (non-hydrogen) atoms. The van der Waals surface area contributed by atoms with Crippen LogP contribution in [0.5, 0.6) is 0 Å². The second-order valence-electron chi connectivity index (χ2n) is 5.61. The van der Waals surface area contributed by atoms with E-state index in [1.807, 2.05) is 13.8 Å². The predicted octanol–water partition coefficient (Wildman–Crippen LogP) is 4.33. The van der Waals surface area contributed by atoms with Crippen LogP contribution < -0.4 is 5.32 Å². The van der Waals surface area contributed by atoms with Crippen LogP contribution in [0.25, 0.3) is 0 Å². The van der Waals surface area contributed by atoms with E-state index in [-0.39, 0.29) is 16.7 Å². The van der Waals surface area contributed by atoms with Crippen LogP contribution in [0.15, 0.2) is 36.4 Å². The Balaban J connectivity index is 2.98. The molecule has 0 saturated carbocycles. The number of nitrogens with one attached hydrogen (secondary N) is 1. The highest BCUT2D eigenvalue weighted by atomic mass is 32.1. The molecule has 2 nitrogen and oxygen atoms in total. The lowest BCUT2D eigenvalue weighted by Gasteiger charge is -2.27. The number of benzene rings is 1. The number of amides is 1. The first-order valence-electron chi connectivity index (χ1n) is 6.85. The molecule has 0 fully saturated rings. The summed E-state index contributed by atoms with van der Waals surface area (Å²) in [5.41, 5.74) is -0.183. The number of rotatable bonds is 5. The Morgan fingerprint density at radius 2 is 1.91 bits per heavy atom. The Labute approximate surface area is 134 Å². The van der Waals surface area contributed by atoms with E-state index in [2.05, 4.69) is 24.5 Å². The lowest BCUT2D eigenvalue weighted by molar-refractivity contribution is -0.137. The van der Waals surface area contributed by atoms with Gasteiger partial charge in [0.1, 0.15) is 0 Å². The van der Waals surface area contributed by atoms with Crippen LogP contribution >= 0.6 is 12.6 Å². The van der Waals surface area contributed by atoms with Crippen molar-refractivity contribution in [2.24, 2.45) is 5.92 Å². The summed E-state index contributed by atoms with van der Waals surface area (Å²) in [4.78, 5) is 12.2. The van der Waals surface area contributed by atoms with Gasteiger partial charge in [-0.25, -0.2) is 0 Å². The summed E-state index contributed by atoms with van der Waals surface area (Å²) in [6.07, 6.45) is -4.48. The number of thiol groups is 1. The third-order valence-electron chi connectivity index (χ3n) is 3.29. The lowest BCUT2D eigenvalue weighted by atomic mass is 9.97. The quantitative estimate of drug-likeness (QED) is 0.610. The highest BCUT2D eigenvalue weighted by Gasteiger charge is 2.31. The van der Waals surface area contributed by atoms with Gasteiger partial charge >= 0.3 is 6.18 Å². The monoisotopic (exact) mass is 331 g/mol. The number of hydrogen-bond acceptors (Lipinski definition) is 2. The Morgan fingerprint density at radius 3 is 2.36 bits per heavy atom. The summed E-state index contributed by atoms with van der Waals surface area (Å²) >= 11 is 4.46. The zero-order chi connectivity index (χ0) is 17.1. The van der Waals surface area contributed by atoms with Gasteiger partial charge in [-0.3, -0.25) is 4.79 Å². The molecule has 1 N–H and O–H groups in total. The summed E-state index contributed by atoms with van der Waals surface area (Å²) < 4.78 is 38.1. The van der Waals surface area contributed by atoms with E-state index in [0.29, 0.717) is 5.57 Å². The maximum Gasteiger partial charge on any atom is 0.416 e. The molecule has 0 aliphatic carbocycles. The molecule has 0 saturated heterocycles. The standard InChI is InChI=1S/C16H20F3NOS/c1-9(2)13(14(22)10(3)4)20-15(21)11-6-5-7-12(8-11)16(17,18)19/h5-8,10,13-14,22H,1H2,2-4H3,(H,20,21). The van der Waals surface area contributed by atoms with E-state index >= 15 is 0 Å². The van der Waals surface area contributed by atoms with Gasteiger partial charge in [0.15, 0.2) is 0 Å². The summed E-state index contributed by atoms with van der Waals surface area (Å²) in [6, 6.07) is 3.93. The highest BCUT2D eigenvalue weighted by Crippen LogP contribution is 2.29. The van der Waals surface area contributed by atoms with Gasteiger partial charge in [-0.1, -0.05) is 32.1 Å². The van der Waals surface area contributed by atoms with Gasteiger partial charge in [-0.2, -0.15) is 25.8 Å². The third-order valence-corrected chi connectivity index (χ3v) is 4.19. The molecule has 0 aromatic heterocycles. The molecule has 1 amide bonds. The first-order chi connectivity index (χ1) is 10.0. The van der Waals surface area contributed by atoms with E-state index in [9.17, 15) is 18.0 Å². The smallest absolute Gasteiger partial charge is 0.344 e.